The summed E-state index contributed by atoms with van der Waals surface area (Å²) in [5.74, 6) is 0.782. The lowest BCUT2D eigenvalue weighted by atomic mass is 10.2. The summed E-state index contributed by atoms with van der Waals surface area (Å²) >= 11 is 0. The van der Waals surface area contributed by atoms with Crippen LogP contribution in [0.4, 0.5) is 5.69 Å². The van der Waals surface area contributed by atoms with Crippen LogP contribution in [0.3, 0.4) is 0 Å². The summed E-state index contributed by atoms with van der Waals surface area (Å²) in [5, 5.41) is 9.75. The number of hydrogen-bond donors (Lipinski definition) is 3. The molecule has 0 saturated carbocycles. The second-order valence-electron chi connectivity index (χ2n) is 8.42. The van der Waals surface area contributed by atoms with Gasteiger partial charge in [-0.05, 0) is 76.4 Å². The lowest BCUT2D eigenvalue weighted by Crippen LogP contribution is -2.39. The van der Waals surface area contributed by atoms with Crippen molar-refractivity contribution in [2.75, 3.05) is 44.6 Å². The zero-order valence-corrected chi connectivity index (χ0v) is 21.7. The molecule has 0 spiro atoms. The van der Waals surface area contributed by atoms with Crippen LogP contribution >= 0.6 is 24.0 Å². The number of carbonyl (C=O) groups is 1. The SMILES string of the molecule is CCNC(=NCc1cccc(NC(=O)C2CCCO2)c1)NCCCN1CCCCCC1.I. The third-order valence-electron chi connectivity index (χ3n) is 5.82. The van der Waals surface area contributed by atoms with E-state index in [4.69, 9.17) is 9.73 Å². The number of nitrogens with one attached hydrogen (secondary N) is 3. The van der Waals surface area contributed by atoms with Crippen molar-refractivity contribution in [1.82, 2.24) is 15.5 Å². The number of carbonyl (C=O) groups excluding carboxylic acids is 1. The second kappa shape index (κ2) is 15.4. The van der Waals surface area contributed by atoms with Gasteiger partial charge in [0.25, 0.3) is 5.91 Å². The van der Waals surface area contributed by atoms with E-state index in [0.717, 1.165) is 56.1 Å². The molecule has 3 N–H and O–H groups in total. The molecule has 2 saturated heterocycles. The van der Waals surface area contributed by atoms with E-state index in [1.807, 2.05) is 24.3 Å². The topological polar surface area (TPSA) is 78.0 Å². The van der Waals surface area contributed by atoms with Crippen molar-refractivity contribution in [2.45, 2.75) is 64.5 Å². The molecule has 1 atom stereocenters. The van der Waals surface area contributed by atoms with Crippen LogP contribution in [0, 0.1) is 0 Å². The Morgan fingerprint density at radius 2 is 1.97 bits per heavy atom. The molecule has 3 rings (SSSR count). The molecule has 2 aliphatic rings. The van der Waals surface area contributed by atoms with Crippen LogP contribution in [-0.2, 0) is 16.1 Å². The van der Waals surface area contributed by atoms with Gasteiger partial charge < -0.3 is 25.6 Å². The molecule has 1 unspecified atom stereocenters. The van der Waals surface area contributed by atoms with Crippen LogP contribution in [0.2, 0.25) is 0 Å². The standard InChI is InChI=1S/C24H39N5O2.HI/c1-2-25-24(26-13-9-16-29-14-5-3-4-6-15-29)27-19-20-10-7-11-21(18-20)28-23(30)22-12-8-17-31-22;/h7,10-11,18,22H,2-6,8-9,12-17,19H2,1H3,(H,28,30)(H2,25,26,27);1H. The molecular weight excluding hydrogens is 517 g/mol. The average Bonchev–Trinajstić information content (AvgIpc) is 3.20. The van der Waals surface area contributed by atoms with Gasteiger partial charge in [-0.15, -0.1) is 24.0 Å². The predicted molar refractivity (Wildman–Crippen MR) is 142 cm³/mol. The fraction of sp³-hybridized carbons (Fsp3) is 0.667. The van der Waals surface area contributed by atoms with Crippen LogP contribution in [0.5, 0.6) is 0 Å². The molecule has 32 heavy (non-hydrogen) atoms. The molecule has 8 heteroatoms. The van der Waals surface area contributed by atoms with Crippen LogP contribution < -0.4 is 16.0 Å². The number of anilines is 1. The maximum Gasteiger partial charge on any atom is 0.253 e. The van der Waals surface area contributed by atoms with Crippen molar-refractivity contribution in [1.29, 1.82) is 0 Å². The Morgan fingerprint density at radius 1 is 1.16 bits per heavy atom. The quantitative estimate of drug-likeness (QED) is 0.187. The number of rotatable bonds is 9. The smallest absolute Gasteiger partial charge is 0.253 e. The van der Waals surface area contributed by atoms with Crippen LogP contribution in [0.15, 0.2) is 29.3 Å². The van der Waals surface area contributed by atoms with Gasteiger partial charge in [-0.25, -0.2) is 4.99 Å². The Balaban J connectivity index is 0.00000363. The highest BCUT2D eigenvalue weighted by molar-refractivity contribution is 14.0. The Kier molecular flexibility index (Phi) is 13.0. The Labute approximate surface area is 210 Å². The molecule has 1 amide bonds. The molecular formula is C24H40IN5O2. The molecule has 1 aromatic rings. The average molecular weight is 558 g/mol. The van der Waals surface area contributed by atoms with Crippen molar-refractivity contribution in [3.63, 3.8) is 0 Å². The van der Waals surface area contributed by atoms with Crippen molar-refractivity contribution >= 4 is 41.5 Å². The monoisotopic (exact) mass is 557 g/mol. The summed E-state index contributed by atoms with van der Waals surface area (Å²) in [7, 11) is 0. The molecule has 0 bridgehead atoms. The molecule has 0 aromatic heterocycles. The minimum absolute atomic E-state index is 0. The largest absolute Gasteiger partial charge is 0.368 e. The van der Waals surface area contributed by atoms with Gasteiger partial charge in [0.1, 0.15) is 6.10 Å². The summed E-state index contributed by atoms with van der Waals surface area (Å²) in [5.41, 5.74) is 1.86. The molecule has 0 aliphatic carbocycles. The van der Waals surface area contributed by atoms with Gasteiger partial charge in [-0.1, -0.05) is 25.0 Å². The first-order chi connectivity index (χ1) is 15.2. The summed E-state index contributed by atoms with van der Waals surface area (Å²) < 4.78 is 5.46. The third kappa shape index (κ3) is 9.62. The summed E-state index contributed by atoms with van der Waals surface area (Å²) in [4.78, 5) is 19.6. The Bertz CT molecular complexity index is 701. The van der Waals surface area contributed by atoms with E-state index >= 15 is 0 Å². The number of ether oxygens (including phenoxy) is 1. The third-order valence-corrected chi connectivity index (χ3v) is 5.82. The number of guanidine groups is 1. The van der Waals surface area contributed by atoms with Gasteiger partial charge in [0.2, 0.25) is 0 Å². The van der Waals surface area contributed by atoms with E-state index in [1.165, 1.54) is 38.8 Å². The minimum atomic E-state index is -0.319. The molecule has 0 radical (unpaired) electrons. The van der Waals surface area contributed by atoms with E-state index in [0.29, 0.717) is 13.2 Å². The molecule has 2 aliphatic heterocycles. The van der Waals surface area contributed by atoms with E-state index < -0.39 is 0 Å². The predicted octanol–water partition coefficient (Wildman–Crippen LogP) is 3.74. The zero-order valence-electron chi connectivity index (χ0n) is 19.4. The van der Waals surface area contributed by atoms with Crippen LogP contribution in [0.1, 0.15) is 57.4 Å². The first-order valence-electron chi connectivity index (χ1n) is 12.0. The van der Waals surface area contributed by atoms with Crippen LogP contribution in [0.25, 0.3) is 0 Å². The van der Waals surface area contributed by atoms with E-state index in [-0.39, 0.29) is 36.0 Å². The lowest BCUT2D eigenvalue weighted by Gasteiger charge is -2.20. The van der Waals surface area contributed by atoms with Gasteiger partial charge in [0, 0.05) is 25.4 Å². The van der Waals surface area contributed by atoms with E-state index in [9.17, 15) is 4.79 Å². The molecule has 2 heterocycles. The zero-order chi connectivity index (χ0) is 21.7. The van der Waals surface area contributed by atoms with Gasteiger partial charge in [0.05, 0.1) is 6.54 Å². The number of benzene rings is 1. The van der Waals surface area contributed by atoms with Gasteiger partial charge >= 0.3 is 0 Å². The number of nitrogens with zero attached hydrogens (tertiary/aromatic N) is 2. The number of hydrogen-bond acceptors (Lipinski definition) is 4. The maximum atomic E-state index is 12.3. The van der Waals surface area contributed by atoms with Crippen molar-refractivity contribution in [2.24, 2.45) is 4.99 Å². The first kappa shape index (κ1) is 26.9. The molecule has 2 fully saturated rings. The summed E-state index contributed by atoms with van der Waals surface area (Å²) in [6.07, 6.45) is 7.98. The highest BCUT2D eigenvalue weighted by Gasteiger charge is 2.23. The van der Waals surface area contributed by atoms with Gasteiger partial charge in [-0.2, -0.15) is 0 Å². The van der Waals surface area contributed by atoms with Crippen LogP contribution in [-0.4, -0.2) is 62.2 Å². The fourth-order valence-electron chi connectivity index (χ4n) is 4.14. The summed E-state index contributed by atoms with van der Waals surface area (Å²) in [6, 6.07) is 7.89. The number of likely N-dealkylation sites (tertiary alicyclic amines) is 1. The highest BCUT2D eigenvalue weighted by Crippen LogP contribution is 2.16. The summed E-state index contributed by atoms with van der Waals surface area (Å²) in [6.45, 7) is 8.70. The minimum Gasteiger partial charge on any atom is -0.368 e. The van der Waals surface area contributed by atoms with Gasteiger partial charge in [-0.3, -0.25) is 4.79 Å². The van der Waals surface area contributed by atoms with Crippen molar-refractivity contribution in [3.05, 3.63) is 29.8 Å². The second-order valence-corrected chi connectivity index (χ2v) is 8.42. The fourth-order valence-corrected chi connectivity index (χ4v) is 4.14. The van der Waals surface area contributed by atoms with E-state index in [2.05, 4.69) is 27.8 Å². The highest BCUT2D eigenvalue weighted by atomic mass is 127. The van der Waals surface area contributed by atoms with Crippen molar-refractivity contribution in [3.8, 4) is 0 Å². The molecule has 180 valence electrons. The number of amides is 1. The lowest BCUT2D eigenvalue weighted by molar-refractivity contribution is -0.124. The number of aliphatic imine (C=N–C) groups is 1. The normalized spacial score (nSPS) is 19.7. The molecule has 1 aromatic carbocycles. The van der Waals surface area contributed by atoms with E-state index in [1.54, 1.807) is 0 Å². The van der Waals surface area contributed by atoms with Crippen molar-refractivity contribution < 1.29 is 9.53 Å². The maximum absolute atomic E-state index is 12.3. The Hall–Kier alpha value is -1.39. The Morgan fingerprint density at radius 3 is 2.69 bits per heavy atom. The molecule has 7 nitrogen and oxygen atoms in total. The first-order valence-corrected chi connectivity index (χ1v) is 12.0. The van der Waals surface area contributed by atoms with Gasteiger partial charge in [0.15, 0.2) is 5.96 Å². The number of halogens is 1.